The third-order valence-electron chi connectivity index (χ3n) is 4.36. The van der Waals surface area contributed by atoms with Gasteiger partial charge in [-0.05, 0) is 26.1 Å². The molecule has 2 aliphatic heterocycles. The van der Waals surface area contributed by atoms with Crippen molar-refractivity contribution >= 4 is 34.5 Å². The van der Waals surface area contributed by atoms with Gasteiger partial charge in [0.05, 0.1) is 17.0 Å². The summed E-state index contributed by atoms with van der Waals surface area (Å²) >= 11 is 2.95. The highest BCUT2D eigenvalue weighted by Gasteiger charge is 2.50. The van der Waals surface area contributed by atoms with Gasteiger partial charge in [0.2, 0.25) is 0 Å². The molecule has 0 unspecified atom stereocenters. The Labute approximate surface area is 142 Å². The Balaban J connectivity index is 1.85. The lowest BCUT2D eigenvalue weighted by Crippen LogP contribution is -2.52. The normalized spacial score (nSPS) is 31.3. The second-order valence-electron chi connectivity index (χ2n) is 5.84. The zero-order chi connectivity index (χ0) is 16.8. The summed E-state index contributed by atoms with van der Waals surface area (Å²) in [7, 11) is 1.79. The maximum Gasteiger partial charge on any atom is 0.324 e. The fourth-order valence-corrected chi connectivity index (χ4v) is 5.64. The highest BCUT2D eigenvalue weighted by molar-refractivity contribution is 8.14. The number of halogens is 1. The van der Waals surface area contributed by atoms with E-state index in [2.05, 4.69) is 4.99 Å². The molecule has 124 valence electrons. The Bertz CT molecular complexity index is 664. The number of benzene rings is 1. The SMILES string of the molecule is CN1[C@H]([C@H]2CSC(c3c(O)cccc3F)=N2)SC[C@]1(C)C(=O)O. The van der Waals surface area contributed by atoms with Crippen LogP contribution in [-0.2, 0) is 4.79 Å². The summed E-state index contributed by atoms with van der Waals surface area (Å²) in [6.45, 7) is 1.71. The second-order valence-corrected chi connectivity index (χ2v) is 7.95. The summed E-state index contributed by atoms with van der Waals surface area (Å²) in [6.07, 6.45) is 0. The zero-order valence-electron chi connectivity index (χ0n) is 12.7. The number of carboxylic acids is 1. The Hall–Kier alpha value is -1.25. The van der Waals surface area contributed by atoms with Gasteiger partial charge in [-0.25, -0.2) is 4.39 Å². The van der Waals surface area contributed by atoms with Gasteiger partial charge < -0.3 is 10.2 Å². The molecular formula is C15H17FN2O3S2. The van der Waals surface area contributed by atoms with Crippen LogP contribution in [0.5, 0.6) is 5.75 Å². The first kappa shape index (κ1) is 16.6. The summed E-state index contributed by atoms with van der Waals surface area (Å²) < 4.78 is 14.0. The lowest BCUT2D eigenvalue weighted by atomic mass is 10.0. The average Bonchev–Trinajstić information content (AvgIpc) is 3.06. The number of hydrogen-bond donors (Lipinski definition) is 2. The van der Waals surface area contributed by atoms with E-state index in [0.29, 0.717) is 16.5 Å². The molecule has 8 heteroatoms. The molecular weight excluding hydrogens is 339 g/mol. The van der Waals surface area contributed by atoms with Crippen LogP contribution < -0.4 is 0 Å². The highest BCUT2D eigenvalue weighted by atomic mass is 32.2. The van der Waals surface area contributed by atoms with Gasteiger partial charge in [-0.1, -0.05) is 6.07 Å². The second kappa shape index (κ2) is 5.99. The molecule has 0 aliphatic carbocycles. The summed E-state index contributed by atoms with van der Waals surface area (Å²) in [5, 5.41) is 19.7. The molecule has 1 saturated heterocycles. The van der Waals surface area contributed by atoms with Crippen LogP contribution in [0, 0.1) is 5.82 Å². The number of likely N-dealkylation sites (N-methyl/N-ethyl adjacent to an activating group) is 1. The van der Waals surface area contributed by atoms with E-state index in [9.17, 15) is 19.4 Å². The van der Waals surface area contributed by atoms with Crippen LogP contribution >= 0.6 is 23.5 Å². The lowest BCUT2D eigenvalue weighted by molar-refractivity contribution is -0.147. The minimum Gasteiger partial charge on any atom is -0.507 e. The molecule has 1 fully saturated rings. The van der Waals surface area contributed by atoms with Gasteiger partial charge in [0.15, 0.2) is 0 Å². The maximum atomic E-state index is 14.0. The first-order valence-electron chi connectivity index (χ1n) is 7.11. The summed E-state index contributed by atoms with van der Waals surface area (Å²) in [5.41, 5.74) is -0.787. The number of phenols is 1. The molecule has 1 aromatic rings. The van der Waals surface area contributed by atoms with E-state index in [4.69, 9.17) is 0 Å². The molecule has 0 radical (unpaired) electrons. The molecule has 2 heterocycles. The molecule has 0 bridgehead atoms. The van der Waals surface area contributed by atoms with Crippen LogP contribution in [0.3, 0.4) is 0 Å². The Morgan fingerprint density at radius 1 is 1.52 bits per heavy atom. The van der Waals surface area contributed by atoms with Gasteiger partial charge in [0, 0.05) is 11.5 Å². The third kappa shape index (κ3) is 2.72. The fraction of sp³-hybridized carbons (Fsp3) is 0.467. The summed E-state index contributed by atoms with van der Waals surface area (Å²) in [4.78, 5) is 17.9. The molecule has 23 heavy (non-hydrogen) atoms. The van der Waals surface area contributed by atoms with Crippen LogP contribution in [-0.4, -0.2) is 61.6 Å². The minimum atomic E-state index is -0.918. The van der Waals surface area contributed by atoms with Crippen molar-refractivity contribution in [2.75, 3.05) is 18.6 Å². The number of aromatic hydroxyl groups is 1. The molecule has 3 rings (SSSR count). The van der Waals surface area contributed by atoms with Gasteiger partial charge in [0.25, 0.3) is 0 Å². The number of aliphatic carboxylic acids is 1. The highest BCUT2D eigenvalue weighted by Crippen LogP contribution is 2.41. The predicted molar refractivity (Wildman–Crippen MR) is 90.9 cm³/mol. The number of nitrogens with zero attached hydrogens (tertiary/aromatic N) is 2. The van der Waals surface area contributed by atoms with E-state index >= 15 is 0 Å². The van der Waals surface area contributed by atoms with Crippen molar-refractivity contribution in [3.8, 4) is 5.75 Å². The van der Waals surface area contributed by atoms with E-state index in [0.717, 1.165) is 0 Å². The van der Waals surface area contributed by atoms with Crippen molar-refractivity contribution in [2.45, 2.75) is 23.9 Å². The number of aliphatic imine (C=N–C) groups is 1. The van der Waals surface area contributed by atoms with Gasteiger partial charge in [-0.2, -0.15) is 0 Å². The minimum absolute atomic E-state index is 0.0741. The van der Waals surface area contributed by atoms with Gasteiger partial charge >= 0.3 is 5.97 Å². The first-order valence-corrected chi connectivity index (χ1v) is 9.14. The largest absolute Gasteiger partial charge is 0.507 e. The van der Waals surface area contributed by atoms with Crippen LogP contribution in [0.1, 0.15) is 12.5 Å². The van der Waals surface area contributed by atoms with Crippen molar-refractivity contribution in [1.82, 2.24) is 4.90 Å². The molecule has 1 aromatic carbocycles. The molecule has 0 aromatic heterocycles. The number of phenolic OH excluding ortho intramolecular Hbond substituents is 1. The summed E-state index contributed by atoms with van der Waals surface area (Å²) in [6, 6.07) is 4.05. The van der Waals surface area contributed by atoms with Crippen molar-refractivity contribution < 1.29 is 19.4 Å². The standard InChI is InChI=1S/C15H17FN2O3S2/c1-15(14(20)21)7-23-13(18(15)2)9-6-22-12(17-9)11-8(16)4-3-5-10(11)19/h3-5,9,13,19H,6-7H2,1-2H3,(H,20,21)/t9-,13+,15-/m1/s1. The van der Waals surface area contributed by atoms with E-state index < -0.39 is 17.3 Å². The van der Waals surface area contributed by atoms with Crippen LogP contribution in [0.25, 0.3) is 0 Å². The Kier molecular flexibility index (Phi) is 4.33. The molecule has 0 spiro atoms. The number of carbonyl (C=O) groups is 1. The smallest absolute Gasteiger partial charge is 0.324 e. The van der Waals surface area contributed by atoms with Gasteiger partial charge in [-0.15, -0.1) is 23.5 Å². The van der Waals surface area contributed by atoms with Crippen LogP contribution in [0.4, 0.5) is 4.39 Å². The van der Waals surface area contributed by atoms with E-state index in [1.807, 2.05) is 4.90 Å². The van der Waals surface area contributed by atoms with Gasteiger partial charge in [-0.3, -0.25) is 14.7 Å². The number of carboxylic acid groups (broad SMARTS) is 1. The number of rotatable bonds is 3. The van der Waals surface area contributed by atoms with E-state index in [1.54, 1.807) is 25.7 Å². The topological polar surface area (TPSA) is 73.1 Å². The van der Waals surface area contributed by atoms with Crippen molar-refractivity contribution in [1.29, 1.82) is 0 Å². The number of thioether (sulfide) groups is 2. The third-order valence-corrected chi connectivity index (χ3v) is 7.16. The molecule has 2 aliphatic rings. The lowest BCUT2D eigenvalue weighted by Gasteiger charge is -2.31. The van der Waals surface area contributed by atoms with Crippen molar-refractivity contribution in [3.05, 3.63) is 29.6 Å². The number of hydrogen-bond acceptors (Lipinski definition) is 6. The molecule has 0 saturated carbocycles. The molecule has 2 N–H and O–H groups in total. The van der Waals surface area contributed by atoms with Crippen molar-refractivity contribution in [3.63, 3.8) is 0 Å². The monoisotopic (exact) mass is 356 g/mol. The van der Waals surface area contributed by atoms with Crippen molar-refractivity contribution in [2.24, 2.45) is 4.99 Å². The average molecular weight is 356 g/mol. The summed E-state index contributed by atoms with van der Waals surface area (Å²) in [5.74, 6) is -0.350. The Morgan fingerprint density at radius 3 is 2.87 bits per heavy atom. The Morgan fingerprint density at radius 2 is 2.26 bits per heavy atom. The van der Waals surface area contributed by atoms with Gasteiger partial charge in [0.1, 0.15) is 22.1 Å². The molecule has 5 nitrogen and oxygen atoms in total. The quantitative estimate of drug-likeness (QED) is 0.865. The van der Waals surface area contributed by atoms with E-state index in [-0.39, 0.29) is 22.7 Å². The predicted octanol–water partition coefficient (Wildman–Crippen LogP) is 2.24. The van der Waals surface area contributed by atoms with Crippen LogP contribution in [0.2, 0.25) is 0 Å². The first-order chi connectivity index (χ1) is 10.8. The van der Waals surface area contributed by atoms with E-state index in [1.165, 1.54) is 30.0 Å². The maximum absolute atomic E-state index is 14.0. The van der Waals surface area contributed by atoms with Crippen LogP contribution in [0.15, 0.2) is 23.2 Å². The molecule has 0 amide bonds. The molecule has 3 atom stereocenters. The fourth-order valence-electron chi connectivity index (χ4n) is 2.72. The zero-order valence-corrected chi connectivity index (χ0v) is 14.3.